The molecule has 3 aromatic heterocycles. The van der Waals surface area contributed by atoms with Crippen molar-refractivity contribution in [3.8, 4) is 34.1 Å². The van der Waals surface area contributed by atoms with E-state index < -0.39 is 0 Å². The molecule has 0 fully saturated rings. The van der Waals surface area contributed by atoms with Gasteiger partial charge in [0.25, 0.3) is 0 Å². The molecule has 0 atom stereocenters. The van der Waals surface area contributed by atoms with E-state index in [0.717, 1.165) is 44.4 Å². The minimum absolute atomic E-state index is 0. The Bertz CT molecular complexity index is 2540. The van der Waals surface area contributed by atoms with Crippen LogP contribution >= 0.6 is 0 Å². The fourth-order valence-corrected chi connectivity index (χ4v) is 8.71. The first-order chi connectivity index (χ1) is 26.3. The molecule has 5 nitrogen and oxygen atoms in total. The molecule has 3 heterocycles. The smallest absolute Gasteiger partial charge is 0.509 e. The summed E-state index contributed by atoms with van der Waals surface area (Å²) in [5.74, 6) is 2.68. The van der Waals surface area contributed by atoms with Gasteiger partial charge in [0.1, 0.15) is 5.82 Å². The molecule has 0 spiro atoms. The average molecular weight is 938 g/mol. The number of rotatable bonds is 7. The van der Waals surface area contributed by atoms with Crippen molar-refractivity contribution in [1.82, 2.24) is 19.3 Å². The molecule has 0 saturated carbocycles. The summed E-state index contributed by atoms with van der Waals surface area (Å²) in [6, 6.07) is 29.7. The van der Waals surface area contributed by atoms with E-state index in [9.17, 15) is 0 Å². The minimum atomic E-state index is -0.0626. The zero-order valence-electron chi connectivity index (χ0n) is 36.3. The molecule has 0 aliphatic rings. The van der Waals surface area contributed by atoms with Gasteiger partial charge in [-0.2, -0.15) is 17.2 Å². The second kappa shape index (κ2) is 15.4. The molecule has 7 rings (SSSR count). The molecule has 0 amide bonds. The van der Waals surface area contributed by atoms with Gasteiger partial charge < -0.3 is 9.30 Å². The van der Waals surface area contributed by atoms with Crippen LogP contribution in [0.25, 0.3) is 44.4 Å². The van der Waals surface area contributed by atoms with Gasteiger partial charge in [0.05, 0.1) is 6.20 Å². The van der Waals surface area contributed by atoms with Crippen LogP contribution in [0.3, 0.4) is 0 Å². The first-order valence-corrected chi connectivity index (χ1v) is 20.1. The summed E-state index contributed by atoms with van der Waals surface area (Å²) in [6.07, 6.45) is 6.09. The molecule has 298 valence electrons. The fourth-order valence-electron chi connectivity index (χ4n) is 8.71. The maximum Gasteiger partial charge on any atom is 2.00 e. The molecule has 0 radical (unpaired) electrons. The Labute approximate surface area is 355 Å². The van der Waals surface area contributed by atoms with E-state index in [-0.39, 0.29) is 37.3 Å². The quantitative estimate of drug-likeness (QED) is 0.150. The maximum atomic E-state index is 6.52. The first kappa shape index (κ1) is 42.1. The molecule has 7 aromatic rings. The third kappa shape index (κ3) is 7.90. The number of fused-ring (bicyclic) bond motifs is 3. The van der Waals surface area contributed by atoms with Crippen molar-refractivity contribution in [2.45, 2.75) is 125 Å². The summed E-state index contributed by atoms with van der Waals surface area (Å²) in [4.78, 5) is 4.73. The third-order valence-electron chi connectivity index (χ3n) is 10.8. The largest absolute Gasteiger partial charge is 2.00 e. The summed E-state index contributed by atoms with van der Waals surface area (Å²) in [5.41, 5.74) is 13.6. The third-order valence-corrected chi connectivity index (χ3v) is 10.8. The van der Waals surface area contributed by atoms with Crippen LogP contribution in [0.4, 0.5) is 0 Å². The molecule has 0 unspecified atom stereocenters. The van der Waals surface area contributed by atoms with Gasteiger partial charge in [-0.05, 0) is 103 Å². The summed E-state index contributed by atoms with van der Waals surface area (Å²) in [7, 11) is 0. The predicted octanol–water partition coefficient (Wildman–Crippen LogP) is 13.9. The second-order valence-electron chi connectivity index (χ2n) is 19.2. The molecule has 4 aromatic carbocycles. The van der Waals surface area contributed by atoms with Gasteiger partial charge in [0.15, 0.2) is 0 Å². The van der Waals surface area contributed by atoms with Crippen molar-refractivity contribution in [2.24, 2.45) is 0 Å². The number of para-hydroxylation sites is 1. The monoisotopic (exact) mass is 937 g/mol. The van der Waals surface area contributed by atoms with E-state index >= 15 is 0 Å². The van der Waals surface area contributed by atoms with E-state index in [0.29, 0.717) is 23.3 Å². The average Bonchev–Trinajstić information content (AvgIpc) is 3.72. The number of benzene rings is 4. The zero-order chi connectivity index (χ0) is 40.5. The van der Waals surface area contributed by atoms with Crippen molar-refractivity contribution in [2.75, 3.05) is 0 Å². The van der Waals surface area contributed by atoms with E-state index in [4.69, 9.17) is 14.8 Å². The summed E-state index contributed by atoms with van der Waals surface area (Å²) in [6.45, 7) is 33.0. The van der Waals surface area contributed by atoms with Gasteiger partial charge in [-0.15, -0.1) is 35.7 Å². The normalized spacial score (nSPS) is 12.6. The van der Waals surface area contributed by atoms with Crippen LogP contribution in [0.5, 0.6) is 11.5 Å². The number of nitrogens with zero attached hydrogens (tertiary/aromatic N) is 4. The van der Waals surface area contributed by atoms with Crippen LogP contribution in [0.2, 0.25) is 0 Å². The van der Waals surface area contributed by atoms with E-state index in [2.05, 4.69) is 156 Å². The topological polar surface area (TPSA) is 44.9 Å². The van der Waals surface area contributed by atoms with Gasteiger partial charge in [-0.3, -0.25) is 4.68 Å². The van der Waals surface area contributed by atoms with Crippen molar-refractivity contribution >= 4 is 21.8 Å². The van der Waals surface area contributed by atoms with E-state index in [1.807, 2.05) is 47.4 Å². The zero-order valence-corrected chi connectivity index (χ0v) is 38.5. The van der Waals surface area contributed by atoms with Crippen LogP contribution in [0, 0.1) is 19.1 Å². The number of aromatic nitrogens is 4. The number of hydrogen-bond acceptors (Lipinski definition) is 3. The van der Waals surface area contributed by atoms with Gasteiger partial charge >= 0.3 is 21.1 Å². The number of aryl methyl sites for hydroxylation is 1. The summed E-state index contributed by atoms with van der Waals surface area (Å²) in [5, 5.41) is 7.24. The van der Waals surface area contributed by atoms with Crippen LogP contribution < -0.4 is 4.74 Å². The Morgan fingerprint density at radius 3 is 1.88 bits per heavy atom. The van der Waals surface area contributed by atoms with Crippen LogP contribution in [0.15, 0.2) is 85.3 Å². The molecular weight excluding hydrogens is 880 g/mol. The minimum Gasteiger partial charge on any atom is -0.509 e. The Hall–Kier alpha value is -4.47. The Balaban J connectivity index is 0.00000549. The molecule has 0 aliphatic heterocycles. The van der Waals surface area contributed by atoms with E-state index in [1.165, 1.54) is 33.4 Å². The molecule has 57 heavy (non-hydrogen) atoms. The van der Waals surface area contributed by atoms with Crippen molar-refractivity contribution in [1.29, 1.82) is 0 Å². The molecule has 0 saturated heterocycles. The number of ether oxygens (including phenoxy) is 1. The van der Waals surface area contributed by atoms with Crippen LogP contribution in [-0.4, -0.2) is 19.3 Å². The number of hydrogen-bond donors (Lipinski definition) is 0. The Morgan fingerprint density at radius 1 is 0.667 bits per heavy atom. The summed E-state index contributed by atoms with van der Waals surface area (Å²) >= 11 is 0. The fraction of sp³-hybridized carbons (Fsp3) is 0.373. The summed E-state index contributed by atoms with van der Waals surface area (Å²) < 4.78 is 10.6. The van der Waals surface area contributed by atoms with Gasteiger partial charge in [0, 0.05) is 35.0 Å². The molecule has 0 aliphatic carbocycles. The Morgan fingerprint density at radius 2 is 1.28 bits per heavy atom. The first-order valence-electron chi connectivity index (χ1n) is 20.1. The molecule has 0 bridgehead atoms. The second-order valence-corrected chi connectivity index (χ2v) is 19.2. The van der Waals surface area contributed by atoms with Gasteiger partial charge in [0.2, 0.25) is 0 Å². The molecular formula is C51H58N4OPt. The molecule has 0 N–H and O–H groups in total. The van der Waals surface area contributed by atoms with Gasteiger partial charge in [-0.25, -0.2) is 4.98 Å². The van der Waals surface area contributed by atoms with Crippen LogP contribution in [0.1, 0.15) is 135 Å². The number of pyridine rings is 1. The predicted molar refractivity (Wildman–Crippen MR) is 234 cm³/mol. The van der Waals surface area contributed by atoms with Crippen molar-refractivity contribution in [3.05, 3.63) is 131 Å². The van der Waals surface area contributed by atoms with Crippen LogP contribution in [-0.2, 0) is 37.3 Å². The molecule has 6 heteroatoms. The van der Waals surface area contributed by atoms with Crippen molar-refractivity contribution < 1.29 is 25.8 Å². The Kier molecular flexibility index (Phi) is 11.4. The standard InChI is InChI=1S/C51H58N4O.Pt/c1-31(2)43-45(44(32(3)4)47(50(9,10)11)48(51(12,13)14)46(43)49(6,7)8)34-29-53-54(30-34)35-18-17-19-36(27-35)56-37-22-23-39-38-20-15-16-21-40(38)55(41(39)28-37)42-26-33(5)24-25-52-42;/h15-26,29-32H,1-14H3;/q-2;+2. The maximum absolute atomic E-state index is 6.52. The van der Waals surface area contributed by atoms with Crippen molar-refractivity contribution in [3.63, 3.8) is 0 Å². The SMILES string of the molecule is Cc1ccnc(-n2c3[c-]c(Oc4[c-]c(-n5cc(-c6c(C(C)C)c(C(C)(C)C)c(C(C)(C)C)c(C(C)(C)C)c6C(C)C)cn5)ccc4)ccc3c3ccccc32)c1.[Pt+2]. The van der Waals surface area contributed by atoms with Gasteiger partial charge in [-0.1, -0.05) is 114 Å². The van der Waals surface area contributed by atoms with E-state index in [1.54, 1.807) is 0 Å².